The van der Waals surface area contributed by atoms with E-state index < -0.39 is 29.3 Å². The standard InChI is InChI=1S/C29H35NO6/c1-17(2)15-23(30-28(33)36-29(5,6)7)27(32)34-24-14-13-21-18(3)22(16-20-11-9-8-10-12-20)26(31)35-25(21)19(24)4/h8-14,17,23H,15-16H2,1-7H3,(H,30,33)/t23-/m0/s1. The van der Waals surface area contributed by atoms with E-state index in [0.29, 0.717) is 29.6 Å². The Morgan fingerprint density at radius 1 is 1.00 bits per heavy atom. The topological polar surface area (TPSA) is 94.8 Å². The van der Waals surface area contributed by atoms with Crippen LogP contribution < -0.4 is 15.7 Å². The van der Waals surface area contributed by atoms with Crippen molar-refractivity contribution in [3.05, 3.63) is 75.1 Å². The Kier molecular flexibility index (Phi) is 8.23. The van der Waals surface area contributed by atoms with Crippen LogP contribution in [-0.2, 0) is 16.0 Å². The molecule has 0 bridgehead atoms. The average Bonchev–Trinajstić information content (AvgIpc) is 2.77. The highest BCUT2D eigenvalue weighted by Crippen LogP contribution is 2.30. The lowest BCUT2D eigenvalue weighted by atomic mass is 9.98. The monoisotopic (exact) mass is 493 g/mol. The molecule has 0 spiro atoms. The number of esters is 1. The quantitative estimate of drug-likeness (QED) is 0.252. The molecule has 0 fully saturated rings. The summed E-state index contributed by atoms with van der Waals surface area (Å²) >= 11 is 0. The van der Waals surface area contributed by atoms with Crippen molar-refractivity contribution in [1.29, 1.82) is 0 Å². The lowest BCUT2D eigenvalue weighted by Crippen LogP contribution is -2.45. The largest absolute Gasteiger partial charge is 0.444 e. The zero-order chi connectivity index (χ0) is 26.6. The van der Waals surface area contributed by atoms with Gasteiger partial charge in [0.2, 0.25) is 0 Å². The normalized spacial score (nSPS) is 12.4. The molecule has 0 aliphatic rings. The van der Waals surface area contributed by atoms with E-state index in [1.54, 1.807) is 39.8 Å². The van der Waals surface area contributed by atoms with Gasteiger partial charge in [-0.05, 0) is 70.2 Å². The summed E-state index contributed by atoms with van der Waals surface area (Å²) in [5.41, 5.74) is 2.24. The van der Waals surface area contributed by atoms with E-state index in [0.717, 1.165) is 16.5 Å². The zero-order valence-electron chi connectivity index (χ0n) is 22.1. The third-order valence-electron chi connectivity index (χ3n) is 5.77. The number of aryl methyl sites for hydroxylation is 2. The van der Waals surface area contributed by atoms with Crippen LogP contribution in [0, 0.1) is 19.8 Å². The summed E-state index contributed by atoms with van der Waals surface area (Å²) in [4.78, 5) is 38.2. The van der Waals surface area contributed by atoms with Gasteiger partial charge >= 0.3 is 17.7 Å². The van der Waals surface area contributed by atoms with Crippen LogP contribution in [-0.4, -0.2) is 23.7 Å². The van der Waals surface area contributed by atoms with Crippen molar-refractivity contribution < 1.29 is 23.5 Å². The van der Waals surface area contributed by atoms with Crippen LogP contribution >= 0.6 is 0 Å². The van der Waals surface area contributed by atoms with E-state index in [-0.39, 0.29) is 11.7 Å². The third kappa shape index (κ3) is 6.74. The second-order valence-electron chi connectivity index (χ2n) is 10.5. The van der Waals surface area contributed by atoms with Gasteiger partial charge in [0, 0.05) is 22.9 Å². The molecule has 7 heteroatoms. The number of alkyl carbamates (subject to hydrolysis) is 1. The second-order valence-corrected chi connectivity index (χ2v) is 10.5. The van der Waals surface area contributed by atoms with Crippen molar-refractivity contribution in [2.75, 3.05) is 0 Å². The van der Waals surface area contributed by atoms with Gasteiger partial charge in [-0.25, -0.2) is 14.4 Å². The first-order chi connectivity index (χ1) is 16.9. The van der Waals surface area contributed by atoms with Crippen molar-refractivity contribution in [3.8, 4) is 5.75 Å². The summed E-state index contributed by atoms with van der Waals surface area (Å²) in [6.07, 6.45) is 0.156. The summed E-state index contributed by atoms with van der Waals surface area (Å²) in [5, 5.41) is 3.40. The van der Waals surface area contributed by atoms with Gasteiger partial charge in [-0.2, -0.15) is 0 Å². The highest BCUT2D eigenvalue weighted by atomic mass is 16.6. The molecule has 0 radical (unpaired) electrons. The number of rotatable bonds is 7. The average molecular weight is 494 g/mol. The predicted molar refractivity (Wildman–Crippen MR) is 139 cm³/mol. The van der Waals surface area contributed by atoms with E-state index >= 15 is 0 Å². The molecule has 36 heavy (non-hydrogen) atoms. The van der Waals surface area contributed by atoms with E-state index in [1.165, 1.54) is 0 Å². The highest BCUT2D eigenvalue weighted by Gasteiger charge is 2.27. The molecule has 7 nitrogen and oxygen atoms in total. The Balaban J connectivity index is 1.88. The molecule has 3 aromatic rings. The Hall–Kier alpha value is -3.61. The fraction of sp³-hybridized carbons (Fsp3) is 0.414. The summed E-state index contributed by atoms with van der Waals surface area (Å²) in [6.45, 7) is 12.8. The zero-order valence-corrected chi connectivity index (χ0v) is 22.1. The van der Waals surface area contributed by atoms with Crippen LogP contribution in [0.15, 0.2) is 51.7 Å². The SMILES string of the molecule is Cc1c(Cc2ccccc2)c(=O)oc2c(C)c(OC(=O)[C@H](CC(C)C)NC(=O)OC(C)(C)C)ccc12. The number of hydrogen-bond donors (Lipinski definition) is 1. The van der Waals surface area contributed by atoms with Crippen LogP contribution in [0.2, 0.25) is 0 Å². The van der Waals surface area contributed by atoms with Crippen LogP contribution in [0.1, 0.15) is 63.3 Å². The molecule has 0 saturated heterocycles. The van der Waals surface area contributed by atoms with Crippen LogP contribution in [0.4, 0.5) is 4.79 Å². The van der Waals surface area contributed by atoms with Crippen molar-refractivity contribution >= 4 is 23.0 Å². The molecule has 0 aliphatic heterocycles. The Morgan fingerprint density at radius 3 is 2.28 bits per heavy atom. The van der Waals surface area contributed by atoms with Gasteiger partial charge < -0.3 is 19.2 Å². The fourth-order valence-electron chi connectivity index (χ4n) is 4.00. The lowest BCUT2D eigenvalue weighted by Gasteiger charge is -2.24. The number of ether oxygens (including phenoxy) is 2. The lowest BCUT2D eigenvalue weighted by molar-refractivity contribution is -0.137. The van der Waals surface area contributed by atoms with Gasteiger partial charge in [0.05, 0.1) is 0 Å². The first-order valence-corrected chi connectivity index (χ1v) is 12.2. The summed E-state index contributed by atoms with van der Waals surface area (Å²) < 4.78 is 16.7. The number of nitrogens with one attached hydrogen (secondary N) is 1. The first kappa shape index (κ1) is 27.0. The molecule has 3 rings (SSSR count). The predicted octanol–water partition coefficient (Wildman–Crippen LogP) is 5.85. The maximum atomic E-state index is 13.0. The number of amides is 1. The van der Waals surface area contributed by atoms with Gasteiger partial charge in [-0.15, -0.1) is 0 Å². The van der Waals surface area contributed by atoms with Crippen molar-refractivity contribution in [3.63, 3.8) is 0 Å². The highest BCUT2D eigenvalue weighted by molar-refractivity contribution is 5.88. The minimum atomic E-state index is -0.892. The minimum absolute atomic E-state index is 0.124. The third-order valence-corrected chi connectivity index (χ3v) is 5.77. The molecule has 1 heterocycles. The van der Waals surface area contributed by atoms with Gasteiger partial charge in [0.25, 0.3) is 0 Å². The first-order valence-electron chi connectivity index (χ1n) is 12.2. The maximum absolute atomic E-state index is 13.0. The minimum Gasteiger partial charge on any atom is -0.444 e. The number of fused-ring (bicyclic) bond motifs is 1. The van der Waals surface area contributed by atoms with E-state index in [1.807, 2.05) is 51.1 Å². The molecular weight excluding hydrogens is 458 g/mol. The molecule has 0 unspecified atom stereocenters. The van der Waals surface area contributed by atoms with Crippen LogP contribution in [0.5, 0.6) is 5.75 Å². The molecule has 192 valence electrons. The maximum Gasteiger partial charge on any atom is 0.408 e. The van der Waals surface area contributed by atoms with E-state index in [2.05, 4.69) is 5.32 Å². The Morgan fingerprint density at radius 2 is 1.67 bits per heavy atom. The van der Waals surface area contributed by atoms with Crippen molar-refractivity contribution in [2.24, 2.45) is 5.92 Å². The van der Waals surface area contributed by atoms with E-state index in [9.17, 15) is 14.4 Å². The Labute approximate surface area is 211 Å². The van der Waals surface area contributed by atoms with Crippen LogP contribution in [0.25, 0.3) is 11.0 Å². The molecule has 1 aromatic heterocycles. The van der Waals surface area contributed by atoms with Gasteiger partial charge in [0.15, 0.2) is 0 Å². The molecule has 0 aliphatic carbocycles. The fourth-order valence-corrected chi connectivity index (χ4v) is 4.00. The Bertz CT molecular complexity index is 1300. The number of hydrogen-bond acceptors (Lipinski definition) is 6. The summed E-state index contributed by atoms with van der Waals surface area (Å²) in [6, 6.07) is 12.3. The molecule has 2 aromatic carbocycles. The number of carbonyl (C=O) groups excluding carboxylic acids is 2. The molecule has 1 N–H and O–H groups in total. The summed E-state index contributed by atoms with van der Waals surface area (Å²) in [7, 11) is 0. The van der Waals surface area contributed by atoms with Gasteiger partial charge in [-0.1, -0.05) is 44.2 Å². The summed E-state index contributed by atoms with van der Waals surface area (Å²) in [5.74, 6) is -0.221. The van der Waals surface area contributed by atoms with E-state index in [4.69, 9.17) is 13.9 Å². The van der Waals surface area contributed by atoms with Crippen molar-refractivity contribution in [2.45, 2.75) is 73.0 Å². The van der Waals surface area contributed by atoms with Gasteiger partial charge in [-0.3, -0.25) is 0 Å². The van der Waals surface area contributed by atoms with Gasteiger partial charge in [0.1, 0.15) is 23.0 Å². The second kappa shape index (κ2) is 11.0. The number of benzene rings is 2. The number of carbonyl (C=O) groups is 2. The molecular formula is C29H35NO6. The van der Waals surface area contributed by atoms with Crippen LogP contribution in [0.3, 0.4) is 0 Å². The molecule has 0 saturated carbocycles. The molecule has 1 amide bonds. The smallest absolute Gasteiger partial charge is 0.408 e. The molecule has 1 atom stereocenters. The van der Waals surface area contributed by atoms with Crippen molar-refractivity contribution in [1.82, 2.24) is 5.32 Å².